The van der Waals surface area contributed by atoms with E-state index >= 15 is 0 Å². The van der Waals surface area contributed by atoms with Crippen LogP contribution in [0, 0.1) is 17.1 Å². The van der Waals surface area contributed by atoms with Crippen LogP contribution in [0.3, 0.4) is 0 Å². The minimum atomic E-state index is -1.42. The van der Waals surface area contributed by atoms with Crippen LogP contribution in [0.25, 0.3) is 10.9 Å². The highest BCUT2D eigenvalue weighted by Crippen LogP contribution is 2.24. The van der Waals surface area contributed by atoms with Gasteiger partial charge in [-0.1, -0.05) is 29.3 Å². The van der Waals surface area contributed by atoms with Crippen LogP contribution in [0.5, 0.6) is 0 Å². The SMILES string of the molecule is N#CCc1cc2c(cc1F)c(=O)c(C(=O)O)cn2Cc1ccc(Cl)cc1Cl. The molecule has 0 saturated carbocycles. The van der Waals surface area contributed by atoms with Crippen molar-refractivity contribution in [1.29, 1.82) is 5.26 Å². The molecule has 2 aromatic carbocycles. The van der Waals surface area contributed by atoms with Gasteiger partial charge < -0.3 is 9.67 Å². The van der Waals surface area contributed by atoms with Crippen molar-refractivity contribution in [3.05, 3.63) is 79.3 Å². The second kappa shape index (κ2) is 7.39. The summed E-state index contributed by atoms with van der Waals surface area (Å²) in [6, 6.07) is 9.06. The normalized spacial score (nSPS) is 10.7. The maximum atomic E-state index is 14.2. The molecule has 8 heteroatoms. The van der Waals surface area contributed by atoms with Crippen LogP contribution >= 0.6 is 23.2 Å². The first-order valence-electron chi connectivity index (χ1n) is 7.71. The van der Waals surface area contributed by atoms with Crippen molar-refractivity contribution in [2.45, 2.75) is 13.0 Å². The highest BCUT2D eigenvalue weighted by molar-refractivity contribution is 6.35. The van der Waals surface area contributed by atoms with Gasteiger partial charge in [0.2, 0.25) is 5.43 Å². The van der Waals surface area contributed by atoms with E-state index in [1.165, 1.54) is 16.8 Å². The van der Waals surface area contributed by atoms with E-state index in [9.17, 15) is 19.1 Å². The Hall–Kier alpha value is -2.88. The summed E-state index contributed by atoms with van der Waals surface area (Å²) in [6.45, 7) is 0.130. The van der Waals surface area contributed by atoms with Crippen molar-refractivity contribution in [2.75, 3.05) is 0 Å². The second-order valence-electron chi connectivity index (χ2n) is 5.84. The fourth-order valence-corrected chi connectivity index (χ4v) is 3.26. The number of fused-ring (bicyclic) bond motifs is 1. The number of hydrogen-bond donors (Lipinski definition) is 1. The van der Waals surface area contributed by atoms with Crippen molar-refractivity contribution < 1.29 is 14.3 Å². The Bertz CT molecular complexity index is 1180. The quantitative estimate of drug-likeness (QED) is 0.703. The molecule has 1 N–H and O–H groups in total. The third-order valence-corrected chi connectivity index (χ3v) is 4.69. The molecule has 0 aliphatic carbocycles. The molecule has 0 unspecified atom stereocenters. The van der Waals surface area contributed by atoms with Crippen molar-refractivity contribution in [2.24, 2.45) is 0 Å². The van der Waals surface area contributed by atoms with Crippen LogP contribution in [0.2, 0.25) is 10.0 Å². The number of nitrogens with zero attached hydrogens (tertiary/aromatic N) is 2. The molecule has 5 nitrogen and oxygen atoms in total. The van der Waals surface area contributed by atoms with Crippen LogP contribution in [0.15, 0.2) is 41.3 Å². The van der Waals surface area contributed by atoms with Crippen molar-refractivity contribution in [1.82, 2.24) is 4.57 Å². The maximum Gasteiger partial charge on any atom is 0.341 e. The molecule has 1 aromatic heterocycles. The Morgan fingerprint density at radius 1 is 1.22 bits per heavy atom. The summed E-state index contributed by atoms with van der Waals surface area (Å²) in [5.74, 6) is -2.15. The number of hydrogen-bond acceptors (Lipinski definition) is 3. The fraction of sp³-hybridized carbons (Fsp3) is 0.105. The molecular weight excluding hydrogens is 394 g/mol. The lowest BCUT2D eigenvalue weighted by Crippen LogP contribution is -2.20. The lowest BCUT2D eigenvalue weighted by molar-refractivity contribution is 0.0695. The molecule has 0 bridgehead atoms. The number of carbonyl (C=O) groups is 1. The fourth-order valence-electron chi connectivity index (χ4n) is 2.79. The van der Waals surface area contributed by atoms with Gasteiger partial charge in [0.05, 0.1) is 18.0 Å². The van der Waals surface area contributed by atoms with Crippen LogP contribution in [-0.4, -0.2) is 15.6 Å². The number of aromatic carboxylic acids is 1. The van der Waals surface area contributed by atoms with Crippen LogP contribution in [-0.2, 0) is 13.0 Å². The Labute approximate surface area is 162 Å². The van der Waals surface area contributed by atoms with E-state index in [-0.39, 0.29) is 23.9 Å². The van der Waals surface area contributed by atoms with Gasteiger partial charge >= 0.3 is 5.97 Å². The minimum absolute atomic E-state index is 0.0841. The standard InChI is InChI=1S/C19H11Cl2FN2O3/c20-12-2-1-11(15(21)6-12)8-24-9-14(19(26)27)18(25)13-7-16(22)10(3-4-23)5-17(13)24/h1-2,5-7,9H,3,8H2,(H,26,27). The third kappa shape index (κ3) is 3.65. The maximum absolute atomic E-state index is 14.2. The zero-order valence-corrected chi connectivity index (χ0v) is 15.2. The van der Waals surface area contributed by atoms with E-state index < -0.39 is 22.8 Å². The number of aromatic nitrogens is 1. The largest absolute Gasteiger partial charge is 0.477 e. The van der Waals surface area contributed by atoms with Crippen LogP contribution in [0.4, 0.5) is 4.39 Å². The van der Waals surface area contributed by atoms with Gasteiger partial charge in [-0.15, -0.1) is 0 Å². The van der Waals surface area contributed by atoms with Gasteiger partial charge in [-0.05, 0) is 29.8 Å². The Morgan fingerprint density at radius 2 is 1.96 bits per heavy atom. The molecule has 3 aromatic rings. The molecule has 0 atom stereocenters. The number of pyridine rings is 1. The second-order valence-corrected chi connectivity index (χ2v) is 6.68. The smallest absolute Gasteiger partial charge is 0.341 e. The predicted molar refractivity (Wildman–Crippen MR) is 100 cm³/mol. The molecular formula is C19H11Cl2FN2O3. The first-order valence-corrected chi connectivity index (χ1v) is 8.47. The van der Waals surface area contributed by atoms with E-state index in [0.29, 0.717) is 21.1 Å². The highest BCUT2D eigenvalue weighted by Gasteiger charge is 2.17. The van der Waals surface area contributed by atoms with E-state index in [4.69, 9.17) is 28.5 Å². The zero-order valence-electron chi connectivity index (χ0n) is 13.7. The molecule has 0 fully saturated rings. The lowest BCUT2D eigenvalue weighted by atomic mass is 10.1. The molecule has 0 aliphatic rings. The van der Waals surface area contributed by atoms with Gasteiger partial charge in [0.15, 0.2) is 0 Å². The minimum Gasteiger partial charge on any atom is -0.477 e. The van der Waals surface area contributed by atoms with Gasteiger partial charge in [-0.3, -0.25) is 4.79 Å². The summed E-state index contributed by atoms with van der Waals surface area (Å²) in [7, 11) is 0. The molecule has 27 heavy (non-hydrogen) atoms. The Kier molecular flexibility index (Phi) is 5.17. The predicted octanol–water partition coefficient (Wildman–Crippen LogP) is 4.26. The molecule has 0 amide bonds. The van der Waals surface area contributed by atoms with Gasteiger partial charge in [-0.25, -0.2) is 9.18 Å². The molecule has 0 radical (unpaired) electrons. The van der Waals surface area contributed by atoms with E-state index in [0.717, 1.165) is 6.07 Å². The summed E-state index contributed by atoms with van der Waals surface area (Å²) in [6.07, 6.45) is 1.00. The molecule has 136 valence electrons. The molecule has 3 rings (SSSR count). The van der Waals surface area contributed by atoms with Gasteiger partial charge in [0, 0.05) is 33.7 Å². The number of benzene rings is 2. The summed E-state index contributed by atoms with van der Waals surface area (Å²) in [5.41, 5.74) is -0.224. The van der Waals surface area contributed by atoms with Crippen LogP contribution in [0.1, 0.15) is 21.5 Å². The average molecular weight is 405 g/mol. The zero-order chi connectivity index (χ0) is 19.7. The Morgan fingerprint density at radius 3 is 2.59 bits per heavy atom. The van der Waals surface area contributed by atoms with Gasteiger partial charge in [0.1, 0.15) is 11.4 Å². The van der Waals surface area contributed by atoms with E-state index in [1.807, 2.05) is 6.07 Å². The van der Waals surface area contributed by atoms with Crippen molar-refractivity contribution in [3.8, 4) is 6.07 Å². The monoisotopic (exact) mass is 404 g/mol. The van der Waals surface area contributed by atoms with Gasteiger partial charge in [0.25, 0.3) is 0 Å². The topological polar surface area (TPSA) is 83.1 Å². The van der Waals surface area contributed by atoms with E-state index in [1.54, 1.807) is 18.2 Å². The first-order chi connectivity index (χ1) is 12.8. The number of rotatable bonds is 4. The highest BCUT2D eigenvalue weighted by atomic mass is 35.5. The third-order valence-electron chi connectivity index (χ3n) is 4.10. The summed E-state index contributed by atoms with van der Waals surface area (Å²) in [5, 5.41) is 18.9. The van der Waals surface area contributed by atoms with E-state index in [2.05, 4.69) is 0 Å². The molecule has 0 aliphatic heterocycles. The lowest BCUT2D eigenvalue weighted by Gasteiger charge is -2.15. The molecule has 0 saturated heterocycles. The number of nitriles is 1. The molecule has 0 spiro atoms. The number of carboxylic acid groups (broad SMARTS) is 1. The summed E-state index contributed by atoms with van der Waals surface area (Å²) in [4.78, 5) is 23.9. The Balaban J connectivity index is 2.30. The number of halogens is 3. The van der Waals surface area contributed by atoms with Crippen molar-refractivity contribution in [3.63, 3.8) is 0 Å². The number of carboxylic acids is 1. The first kappa shape index (κ1) is 18.9. The summed E-state index contributed by atoms with van der Waals surface area (Å²) >= 11 is 12.1. The average Bonchev–Trinajstić information content (AvgIpc) is 2.60. The van der Waals surface area contributed by atoms with Gasteiger partial charge in [-0.2, -0.15) is 5.26 Å². The summed E-state index contributed by atoms with van der Waals surface area (Å²) < 4.78 is 15.7. The van der Waals surface area contributed by atoms with Crippen molar-refractivity contribution >= 4 is 40.1 Å². The van der Waals surface area contributed by atoms with Crippen LogP contribution < -0.4 is 5.43 Å². The molecule has 1 heterocycles.